The number of carbonyl (C=O) groups is 2. The summed E-state index contributed by atoms with van der Waals surface area (Å²) >= 11 is 0. The van der Waals surface area contributed by atoms with Crippen LogP contribution in [0.25, 0.3) is 0 Å². The van der Waals surface area contributed by atoms with Gasteiger partial charge in [-0.15, -0.1) is 0 Å². The molecular weight excluding hydrogens is 265 g/mol. The van der Waals surface area contributed by atoms with Crippen molar-refractivity contribution in [2.24, 2.45) is 5.92 Å². The van der Waals surface area contributed by atoms with Crippen LogP contribution < -0.4 is 4.74 Å². The highest BCUT2D eigenvalue weighted by Crippen LogP contribution is 2.25. The number of methoxy groups -OCH3 is 1. The van der Waals surface area contributed by atoms with E-state index in [1.165, 1.54) is 30.2 Å². The van der Waals surface area contributed by atoms with E-state index in [2.05, 4.69) is 0 Å². The third-order valence-corrected chi connectivity index (χ3v) is 3.47. The van der Waals surface area contributed by atoms with E-state index >= 15 is 0 Å². The van der Waals surface area contributed by atoms with Gasteiger partial charge in [0.25, 0.3) is 5.91 Å². The minimum absolute atomic E-state index is 0.103. The number of aliphatic carboxylic acids is 1. The molecule has 0 aromatic heterocycles. The van der Waals surface area contributed by atoms with Gasteiger partial charge in [-0.2, -0.15) is 0 Å². The SMILES string of the molecule is COc1cccc(F)c1C(=O)N1CCCC(C(=O)O)C1. The predicted octanol–water partition coefficient (Wildman–Crippen LogP) is 1.77. The lowest BCUT2D eigenvalue weighted by Gasteiger charge is -2.31. The Morgan fingerprint density at radius 1 is 1.45 bits per heavy atom. The number of carboxylic acids is 1. The monoisotopic (exact) mass is 281 g/mol. The number of rotatable bonds is 3. The number of piperidine rings is 1. The Hall–Kier alpha value is -2.11. The fraction of sp³-hybridized carbons (Fsp3) is 0.429. The van der Waals surface area contributed by atoms with Crippen molar-refractivity contribution >= 4 is 11.9 Å². The molecule has 1 atom stereocenters. The van der Waals surface area contributed by atoms with Crippen LogP contribution in [0.2, 0.25) is 0 Å². The van der Waals surface area contributed by atoms with Crippen molar-refractivity contribution in [2.75, 3.05) is 20.2 Å². The molecule has 0 saturated carbocycles. The topological polar surface area (TPSA) is 66.8 Å². The molecule has 1 N–H and O–H groups in total. The number of nitrogens with zero attached hydrogens (tertiary/aromatic N) is 1. The average Bonchev–Trinajstić information content (AvgIpc) is 2.46. The van der Waals surface area contributed by atoms with Crippen molar-refractivity contribution in [2.45, 2.75) is 12.8 Å². The average molecular weight is 281 g/mol. The lowest BCUT2D eigenvalue weighted by atomic mass is 9.97. The summed E-state index contributed by atoms with van der Waals surface area (Å²) in [6, 6.07) is 4.16. The zero-order valence-corrected chi connectivity index (χ0v) is 11.1. The van der Waals surface area contributed by atoms with E-state index in [-0.39, 0.29) is 17.9 Å². The van der Waals surface area contributed by atoms with Crippen LogP contribution in [-0.4, -0.2) is 42.1 Å². The highest BCUT2D eigenvalue weighted by atomic mass is 19.1. The Labute approximate surface area is 116 Å². The quantitative estimate of drug-likeness (QED) is 0.917. The number of carboxylic acid groups (broad SMARTS) is 1. The smallest absolute Gasteiger partial charge is 0.308 e. The van der Waals surface area contributed by atoms with Crippen molar-refractivity contribution < 1.29 is 23.8 Å². The number of amides is 1. The maximum Gasteiger partial charge on any atom is 0.308 e. The molecule has 1 amide bonds. The van der Waals surface area contributed by atoms with Gasteiger partial charge in [0, 0.05) is 13.1 Å². The molecule has 2 rings (SSSR count). The van der Waals surface area contributed by atoms with Crippen LogP contribution in [0.3, 0.4) is 0 Å². The molecule has 0 aliphatic carbocycles. The van der Waals surface area contributed by atoms with Crippen molar-refractivity contribution in [3.05, 3.63) is 29.6 Å². The molecule has 1 aliphatic heterocycles. The van der Waals surface area contributed by atoms with E-state index in [1.54, 1.807) is 0 Å². The van der Waals surface area contributed by atoms with Gasteiger partial charge in [-0.1, -0.05) is 6.07 Å². The van der Waals surface area contributed by atoms with Crippen LogP contribution in [-0.2, 0) is 4.79 Å². The summed E-state index contributed by atoms with van der Waals surface area (Å²) in [6.07, 6.45) is 1.13. The largest absolute Gasteiger partial charge is 0.496 e. The molecule has 1 heterocycles. The fourth-order valence-corrected chi connectivity index (χ4v) is 2.40. The van der Waals surface area contributed by atoms with E-state index in [0.717, 1.165) is 0 Å². The molecule has 1 fully saturated rings. The lowest BCUT2D eigenvalue weighted by Crippen LogP contribution is -2.42. The summed E-state index contributed by atoms with van der Waals surface area (Å²) in [5.74, 6) is -2.54. The van der Waals surface area contributed by atoms with Crippen molar-refractivity contribution in [1.29, 1.82) is 0 Å². The standard InChI is InChI=1S/C14H16FNO4/c1-20-11-6-2-5-10(15)12(11)13(17)16-7-3-4-9(8-16)14(18)19/h2,5-6,9H,3-4,7-8H2,1H3,(H,18,19). The number of carbonyl (C=O) groups excluding carboxylic acids is 1. The second kappa shape index (κ2) is 5.90. The molecule has 0 spiro atoms. The normalized spacial score (nSPS) is 18.7. The van der Waals surface area contributed by atoms with E-state index < -0.39 is 23.6 Å². The molecule has 1 aromatic rings. The zero-order valence-electron chi connectivity index (χ0n) is 11.1. The molecule has 1 aromatic carbocycles. The van der Waals surface area contributed by atoms with Gasteiger partial charge in [-0.25, -0.2) is 4.39 Å². The molecule has 5 nitrogen and oxygen atoms in total. The number of halogens is 1. The van der Waals surface area contributed by atoms with Crippen LogP contribution in [0, 0.1) is 11.7 Å². The second-order valence-electron chi connectivity index (χ2n) is 4.75. The Morgan fingerprint density at radius 2 is 2.20 bits per heavy atom. The molecule has 1 aliphatic rings. The Balaban J connectivity index is 2.25. The van der Waals surface area contributed by atoms with Gasteiger partial charge in [0.2, 0.25) is 0 Å². The summed E-state index contributed by atoms with van der Waals surface area (Å²) in [4.78, 5) is 24.8. The van der Waals surface area contributed by atoms with E-state index in [1.807, 2.05) is 0 Å². The molecule has 1 unspecified atom stereocenters. The summed E-state index contributed by atoms with van der Waals surface area (Å²) in [5.41, 5.74) is -0.138. The molecular formula is C14H16FNO4. The third-order valence-electron chi connectivity index (χ3n) is 3.47. The Bertz CT molecular complexity index is 532. The molecule has 1 saturated heterocycles. The van der Waals surface area contributed by atoms with Gasteiger partial charge in [0.05, 0.1) is 13.0 Å². The van der Waals surface area contributed by atoms with Crippen LogP contribution in [0.4, 0.5) is 4.39 Å². The molecule has 0 bridgehead atoms. The summed E-state index contributed by atoms with van der Waals surface area (Å²) in [6.45, 7) is 0.533. The van der Waals surface area contributed by atoms with Crippen LogP contribution in [0.1, 0.15) is 23.2 Å². The van der Waals surface area contributed by atoms with Crippen LogP contribution in [0.5, 0.6) is 5.75 Å². The Morgan fingerprint density at radius 3 is 2.85 bits per heavy atom. The minimum Gasteiger partial charge on any atom is -0.496 e. The van der Waals surface area contributed by atoms with Crippen LogP contribution in [0.15, 0.2) is 18.2 Å². The number of likely N-dealkylation sites (tertiary alicyclic amines) is 1. The summed E-state index contributed by atoms with van der Waals surface area (Å²) in [7, 11) is 1.36. The van der Waals surface area contributed by atoms with Crippen molar-refractivity contribution in [1.82, 2.24) is 4.90 Å². The van der Waals surface area contributed by atoms with Gasteiger partial charge >= 0.3 is 5.97 Å². The van der Waals surface area contributed by atoms with Gasteiger partial charge in [0.15, 0.2) is 0 Å². The van der Waals surface area contributed by atoms with Crippen LogP contribution >= 0.6 is 0 Å². The molecule has 108 valence electrons. The van der Waals surface area contributed by atoms with E-state index in [9.17, 15) is 14.0 Å². The predicted molar refractivity (Wildman–Crippen MR) is 69.2 cm³/mol. The summed E-state index contributed by atoms with van der Waals surface area (Å²) in [5, 5.41) is 9.03. The third kappa shape index (κ3) is 2.74. The van der Waals surface area contributed by atoms with E-state index in [0.29, 0.717) is 19.4 Å². The van der Waals surface area contributed by atoms with Gasteiger partial charge in [-0.05, 0) is 25.0 Å². The highest BCUT2D eigenvalue weighted by molar-refractivity contribution is 5.97. The lowest BCUT2D eigenvalue weighted by molar-refractivity contribution is -0.143. The summed E-state index contributed by atoms with van der Waals surface area (Å²) < 4.78 is 18.9. The van der Waals surface area contributed by atoms with Gasteiger partial charge in [0.1, 0.15) is 17.1 Å². The van der Waals surface area contributed by atoms with Gasteiger partial charge in [-0.3, -0.25) is 9.59 Å². The fourth-order valence-electron chi connectivity index (χ4n) is 2.40. The molecule has 20 heavy (non-hydrogen) atoms. The minimum atomic E-state index is -0.928. The first-order chi connectivity index (χ1) is 9.54. The van der Waals surface area contributed by atoms with Crippen molar-refractivity contribution in [3.8, 4) is 5.75 Å². The number of benzene rings is 1. The first kappa shape index (κ1) is 14.3. The van der Waals surface area contributed by atoms with E-state index in [4.69, 9.17) is 9.84 Å². The maximum atomic E-state index is 13.9. The molecule has 0 radical (unpaired) electrons. The second-order valence-corrected chi connectivity index (χ2v) is 4.75. The van der Waals surface area contributed by atoms with Gasteiger partial charge < -0.3 is 14.7 Å². The maximum absolute atomic E-state index is 13.9. The Kier molecular flexibility index (Phi) is 4.22. The number of hydrogen-bond acceptors (Lipinski definition) is 3. The van der Waals surface area contributed by atoms with Crippen molar-refractivity contribution in [3.63, 3.8) is 0 Å². The first-order valence-corrected chi connectivity index (χ1v) is 6.39. The number of hydrogen-bond donors (Lipinski definition) is 1. The zero-order chi connectivity index (χ0) is 14.7. The first-order valence-electron chi connectivity index (χ1n) is 6.39. The highest BCUT2D eigenvalue weighted by Gasteiger charge is 2.31. The molecule has 6 heteroatoms. The number of ether oxygens (including phenoxy) is 1.